The summed E-state index contributed by atoms with van der Waals surface area (Å²) in [5, 5.41) is 3.40. The highest BCUT2D eigenvalue weighted by molar-refractivity contribution is 9.10. The summed E-state index contributed by atoms with van der Waals surface area (Å²) in [5.41, 5.74) is 1.15. The lowest BCUT2D eigenvalue weighted by atomic mass is 10.3. The average Bonchev–Trinajstić information content (AvgIpc) is 2.92. The van der Waals surface area contributed by atoms with Crippen LogP contribution in [-0.4, -0.2) is 11.5 Å². The van der Waals surface area contributed by atoms with Crippen LogP contribution in [0.3, 0.4) is 0 Å². The third-order valence-corrected chi connectivity index (χ3v) is 2.97. The van der Waals surface area contributed by atoms with Gasteiger partial charge in [-0.1, -0.05) is 12.8 Å². The Morgan fingerprint density at radius 2 is 2.38 bits per heavy atom. The molecule has 0 atom stereocenters. The minimum atomic E-state index is 0.994. The number of aromatic nitrogens is 1. The average molecular weight is 241 g/mol. The first kappa shape index (κ1) is 9.00. The summed E-state index contributed by atoms with van der Waals surface area (Å²) in [7, 11) is 0. The van der Waals surface area contributed by atoms with Gasteiger partial charge in [-0.3, -0.25) is 4.98 Å². The van der Waals surface area contributed by atoms with E-state index in [1.807, 2.05) is 18.5 Å². The van der Waals surface area contributed by atoms with E-state index in [2.05, 4.69) is 26.2 Å². The van der Waals surface area contributed by atoms with E-state index >= 15 is 0 Å². The summed E-state index contributed by atoms with van der Waals surface area (Å²) in [6.45, 7) is 1.08. The maximum absolute atomic E-state index is 4.01. The molecule has 13 heavy (non-hydrogen) atoms. The Morgan fingerprint density at radius 3 is 3.08 bits per heavy atom. The zero-order valence-electron chi connectivity index (χ0n) is 7.46. The van der Waals surface area contributed by atoms with Crippen LogP contribution in [0.1, 0.15) is 19.3 Å². The molecule has 0 unspecified atom stereocenters. The van der Waals surface area contributed by atoms with Crippen LogP contribution in [0.25, 0.3) is 0 Å². The molecule has 0 saturated heterocycles. The fraction of sp³-hybridized carbons (Fsp3) is 0.500. The van der Waals surface area contributed by atoms with E-state index in [4.69, 9.17) is 0 Å². The van der Waals surface area contributed by atoms with Crippen LogP contribution >= 0.6 is 15.9 Å². The van der Waals surface area contributed by atoms with E-state index in [9.17, 15) is 0 Å². The zero-order chi connectivity index (χ0) is 9.10. The third-order valence-electron chi connectivity index (χ3n) is 2.34. The number of anilines is 1. The first-order valence-corrected chi connectivity index (χ1v) is 5.49. The Morgan fingerprint density at radius 1 is 1.54 bits per heavy atom. The molecule has 3 heteroatoms. The number of halogens is 1. The van der Waals surface area contributed by atoms with Gasteiger partial charge in [-0.05, 0) is 34.3 Å². The van der Waals surface area contributed by atoms with Gasteiger partial charge in [0, 0.05) is 18.9 Å². The maximum Gasteiger partial charge on any atom is 0.0590 e. The summed E-state index contributed by atoms with van der Waals surface area (Å²) < 4.78 is 1.05. The first-order valence-electron chi connectivity index (χ1n) is 4.69. The highest BCUT2D eigenvalue weighted by Gasteiger charge is 2.20. The van der Waals surface area contributed by atoms with E-state index in [0.717, 1.165) is 22.6 Å². The molecule has 1 N–H and O–H groups in total. The molecule has 1 aliphatic rings. The molecular formula is C10H13BrN2. The van der Waals surface area contributed by atoms with Crippen molar-refractivity contribution in [2.45, 2.75) is 19.3 Å². The molecule has 1 aliphatic carbocycles. The molecule has 1 heterocycles. The topological polar surface area (TPSA) is 24.9 Å². The largest absolute Gasteiger partial charge is 0.384 e. The van der Waals surface area contributed by atoms with Crippen LogP contribution < -0.4 is 5.32 Å². The van der Waals surface area contributed by atoms with Gasteiger partial charge in [0.1, 0.15) is 0 Å². The van der Waals surface area contributed by atoms with Crippen molar-refractivity contribution < 1.29 is 0 Å². The molecule has 0 amide bonds. The van der Waals surface area contributed by atoms with Crippen molar-refractivity contribution >= 4 is 21.6 Å². The summed E-state index contributed by atoms with van der Waals surface area (Å²) >= 11 is 3.45. The predicted octanol–water partition coefficient (Wildman–Crippen LogP) is 3.06. The number of nitrogens with one attached hydrogen (secondary N) is 1. The number of hydrogen-bond donors (Lipinski definition) is 1. The van der Waals surface area contributed by atoms with Gasteiger partial charge < -0.3 is 5.32 Å². The molecule has 1 aromatic heterocycles. The highest BCUT2D eigenvalue weighted by Crippen LogP contribution is 2.32. The van der Waals surface area contributed by atoms with Crippen LogP contribution in [-0.2, 0) is 0 Å². The molecule has 0 radical (unpaired) electrons. The van der Waals surface area contributed by atoms with Crippen molar-refractivity contribution in [3.05, 3.63) is 22.9 Å². The highest BCUT2D eigenvalue weighted by atomic mass is 79.9. The van der Waals surface area contributed by atoms with Crippen LogP contribution in [0.4, 0.5) is 5.69 Å². The van der Waals surface area contributed by atoms with Crippen LogP contribution in [0, 0.1) is 5.92 Å². The predicted molar refractivity (Wildman–Crippen MR) is 57.8 cm³/mol. The minimum Gasteiger partial charge on any atom is -0.384 e. The van der Waals surface area contributed by atoms with Gasteiger partial charge in [0.25, 0.3) is 0 Å². The Bertz CT molecular complexity index is 284. The van der Waals surface area contributed by atoms with Crippen molar-refractivity contribution in [3.8, 4) is 0 Å². The molecule has 0 aromatic carbocycles. The molecule has 2 rings (SSSR count). The van der Waals surface area contributed by atoms with E-state index < -0.39 is 0 Å². The standard InChI is InChI=1S/C10H13BrN2/c11-9-7-12-5-4-10(9)13-6-3-8-1-2-8/h4-5,7-8H,1-3,6H2,(H,12,13). The van der Waals surface area contributed by atoms with Gasteiger partial charge in [-0.2, -0.15) is 0 Å². The van der Waals surface area contributed by atoms with E-state index in [1.165, 1.54) is 19.3 Å². The second-order valence-electron chi connectivity index (χ2n) is 3.51. The van der Waals surface area contributed by atoms with Crippen LogP contribution in [0.2, 0.25) is 0 Å². The first-order chi connectivity index (χ1) is 6.36. The fourth-order valence-corrected chi connectivity index (χ4v) is 1.73. The van der Waals surface area contributed by atoms with Gasteiger partial charge in [-0.15, -0.1) is 0 Å². The zero-order valence-corrected chi connectivity index (χ0v) is 9.05. The SMILES string of the molecule is Brc1cnccc1NCCC1CC1. The van der Waals surface area contributed by atoms with Crippen molar-refractivity contribution in [2.75, 3.05) is 11.9 Å². The van der Waals surface area contributed by atoms with Crippen LogP contribution in [0.15, 0.2) is 22.9 Å². The fourth-order valence-electron chi connectivity index (χ4n) is 1.34. The molecular weight excluding hydrogens is 228 g/mol. The Labute approximate surface area is 86.9 Å². The van der Waals surface area contributed by atoms with Crippen LogP contribution in [0.5, 0.6) is 0 Å². The minimum absolute atomic E-state index is 0.994. The van der Waals surface area contributed by atoms with Gasteiger partial charge >= 0.3 is 0 Å². The lowest BCUT2D eigenvalue weighted by Crippen LogP contribution is -2.02. The molecule has 0 aliphatic heterocycles. The molecule has 0 spiro atoms. The number of hydrogen-bond acceptors (Lipinski definition) is 2. The smallest absolute Gasteiger partial charge is 0.0590 e. The molecule has 1 aromatic rings. The van der Waals surface area contributed by atoms with Crippen molar-refractivity contribution in [2.24, 2.45) is 5.92 Å². The van der Waals surface area contributed by atoms with Gasteiger partial charge in [-0.25, -0.2) is 0 Å². The molecule has 1 fully saturated rings. The Balaban J connectivity index is 1.82. The molecule has 2 nitrogen and oxygen atoms in total. The maximum atomic E-state index is 4.01. The normalized spacial score (nSPS) is 15.8. The monoisotopic (exact) mass is 240 g/mol. The van der Waals surface area contributed by atoms with Crippen molar-refractivity contribution in [3.63, 3.8) is 0 Å². The molecule has 70 valence electrons. The Hall–Kier alpha value is -0.570. The van der Waals surface area contributed by atoms with Crippen molar-refractivity contribution in [1.82, 2.24) is 4.98 Å². The van der Waals surface area contributed by atoms with E-state index in [0.29, 0.717) is 0 Å². The quantitative estimate of drug-likeness (QED) is 0.876. The summed E-state index contributed by atoms with van der Waals surface area (Å²) in [4.78, 5) is 4.01. The summed E-state index contributed by atoms with van der Waals surface area (Å²) in [6, 6.07) is 2.00. The Kier molecular flexibility index (Phi) is 2.83. The van der Waals surface area contributed by atoms with Gasteiger partial charge in [0.05, 0.1) is 10.2 Å². The number of nitrogens with zero attached hydrogens (tertiary/aromatic N) is 1. The molecule has 1 saturated carbocycles. The summed E-state index contributed by atoms with van der Waals surface area (Å²) in [5.74, 6) is 0.994. The van der Waals surface area contributed by atoms with E-state index in [-0.39, 0.29) is 0 Å². The number of pyridine rings is 1. The second kappa shape index (κ2) is 4.09. The summed E-state index contributed by atoms with van der Waals surface area (Å²) in [6.07, 6.45) is 7.79. The van der Waals surface area contributed by atoms with Gasteiger partial charge in [0.15, 0.2) is 0 Å². The number of rotatable bonds is 4. The van der Waals surface area contributed by atoms with Crippen molar-refractivity contribution in [1.29, 1.82) is 0 Å². The lowest BCUT2D eigenvalue weighted by Gasteiger charge is -2.06. The second-order valence-corrected chi connectivity index (χ2v) is 4.37. The molecule has 0 bridgehead atoms. The van der Waals surface area contributed by atoms with Gasteiger partial charge in [0.2, 0.25) is 0 Å². The third kappa shape index (κ3) is 2.69. The lowest BCUT2D eigenvalue weighted by molar-refractivity contribution is 0.760. The van der Waals surface area contributed by atoms with E-state index in [1.54, 1.807) is 0 Å².